The molecule has 2 aromatic rings. The number of aliphatic hydroxyl groups excluding tert-OH is 1. The van der Waals surface area contributed by atoms with E-state index in [1.165, 1.54) is 11.5 Å². The quantitative estimate of drug-likeness (QED) is 0.101. The van der Waals surface area contributed by atoms with Crippen LogP contribution in [0.25, 0.3) is 11.2 Å². The van der Waals surface area contributed by atoms with Crippen LogP contribution in [0.15, 0.2) is 6.33 Å². The number of carboxylic acids is 1. The Bertz CT molecular complexity index is 1550. The number of anilines is 1. The number of nitrogens with one attached hydrogen (secondary N) is 1. The number of rotatable bonds is 12. The van der Waals surface area contributed by atoms with Crippen LogP contribution in [0.1, 0.15) is 38.2 Å². The number of carboxylic acid groups (broad SMARTS) is 1. The van der Waals surface area contributed by atoms with Crippen molar-refractivity contribution in [3.63, 3.8) is 0 Å². The molecule has 6 atom stereocenters. The summed E-state index contributed by atoms with van der Waals surface area (Å²) in [6, 6.07) is -1.09. The lowest BCUT2D eigenvalue weighted by atomic mass is 10.2. The van der Waals surface area contributed by atoms with Gasteiger partial charge in [-0.3, -0.25) is 18.7 Å². The third-order valence-corrected chi connectivity index (χ3v) is 9.04. The summed E-state index contributed by atoms with van der Waals surface area (Å²) in [5.41, 5.74) is 6.13. The topological polar surface area (TPSA) is 325 Å². The van der Waals surface area contributed by atoms with E-state index in [1.54, 1.807) is 0 Å². The number of aliphatic hydroxyl groups is 1. The van der Waals surface area contributed by atoms with Crippen LogP contribution in [0.3, 0.4) is 0 Å². The van der Waals surface area contributed by atoms with Gasteiger partial charge in [0.25, 0.3) is 0 Å². The normalized spacial score (nSPS) is 22.5. The Hall–Kier alpha value is -2.82. The van der Waals surface area contributed by atoms with E-state index in [0.29, 0.717) is 0 Å². The van der Waals surface area contributed by atoms with Gasteiger partial charge in [-0.1, -0.05) is 5.92 Å². The van der Waals surface area contributed by atoms with Crippen molar-refractivity contribution in [2.75, 3.05) is 12.3 Å². The van der Waals surface area contributed by atoms with Crippen molar-refractivity contribution in [3.8, 4) is 11.8 Å². The van der Waals surface area contributed by atoms with Gasteiger partial charge in [0.2, 0.25) is 5.91 Å². The summed E-state index contributed by atoms with van der Waals surface area (Å²) in [4.78, 5) is 71.1. The zero-order valence-electron chi connectivity index (χ0n) is 21.3. The van der Waals surface area contributed by atoms with Crippen molar-refractivity contribution in [1.29, 1.82) is 0 Å². The number of aliphatic carboxylic acids is 1. The second-order valence-corrected chi connectivity index (χ2v) is 12.9. The summed E-state index contributed by atoms with van der Waals surface area (Å²) >= 11 is 0. The largest absolute Gasteiger partial charge is 0.490 e. The Balaban J connectivity index is 1.74. The molecule has 0 aromatic carbocycles. The number of nitrogen functional groups attached to an aromatic ring is 1. The highest BCUT2D eigenvalue weighted by Gasteiger charge is 2.43. The minimum absolute atomic E-state index is 0.000613. The third kappa shape index (κ3) is 9.34. The van der Waals surface area contributed by atoms with Crippen molar-refractivity contribution < 1.29 is 71.0 Å². The molecule has 24 heteroatoms. The van der Waals surface area contributed by atoms with Gasteiger partial charge in [0.1, 0.15) is 24.7 Å². The molecule has 21 nitrogen and oxygen atoms in total. The van der Waals surface area contributed by atoms with Crippen LogP contribution >= 0.6 is 23.5 Å². The highest BCUT2D eigenvalue weighted by atomic mass is 31.3. The first-order valence-electron chi connectivity index (χ1n) is 11.5. The third-order valence-electron chi connectivity index (χ3n) is 5.24. The van der Waals surface area contributed by atoms with E-state index >= 15 is 0 Å². The number of nitrogens with zero attached hydrogens (tertiary/aromatic N) is 4. The SMILES string of the molecule is C[C@H](NC(=O)CCC#Cc1nc2c(N)ncnc2n1[C@H]1C[C@H](O)[C@@H](COP(=O)(O)OP(=O)(O)OP(=O)(O)O)O1)C(=O)O. The fraction of sp³-hybridized carbons (Fsp3) is 0.500. The Kier molecular flexibility index (Phi) is 10.6. The lowest BCUT2D eigenvalue weighted by Gasteiger charge is -2.19. The Labute approximate surface area is 235 Å². The van der Waals surface area contributed by atoms with Crippen molar-refractivity contribution in [1.82, 2.24) is 24.8 Å². The number of fused-ring (bicyclic) bond motifs is 1. The van der Waals surface area contributed by atoms with Gasteiger partial charge in [0.15, 0.2) is 22.8 Å². The predicted molar refractivity (Wildman–Crippen MR) is 135 cm³/mol. The molecule has 1 aliphatic rings. The number of ether oxygens (including phenoxy) is 1. The van der Waals surface area contributed by atoms with E-state index in [9.17, 15) is 38.2 Å². The predicted octanol–water partition coefficient (Wildman–Crippen LogP) is -0.879. The fourth-order valence-electron chi connectivity index (χ4n) is 3.47. The molecule has 1 aliphatic heterocycles. The lowest BCUT2D eigenvalue weighted by molar-refractivity contribution is -0.141. The van der Waals surface area contributed by atoms with Crippen LogP contribution in [-0.2, 0) is 41.2 Å². The second kappa shape index (κ2) is 13.2. The zero-order valence-corrected chi connectivity index (χ0v) is 24.0. The molecule has 1 saturated heterocycles. The highest BCUT2D eigenvalue weighted by Crippen LogP contribution is 2.66. The maximum atomic E-state index is 12.0. The molecule has 2 aromatic heterocycles. The maximum absolute atomic E-state index is 12.0. The van der Waals surface area contributed by atoms with Crippen LogP contribution in [0.4, 0.5) is 5.82 Å². The van der Waals surface area contributed by atoms with Gasteiger partial charge < -0.3 is 45.6 Å². The number of phosphoric acid groups is 3. The highest BCUT2D eigenvalue weighted by molar-refractivity contribution is 7.66. The van der Waals surface area contributed by atoms with Crippen LogP contribution in [0.2, 0.25) is 0 Å². The average Bonchev–Trinajstić information content (AvgIpc) is 3.38. The van der Waals surface area contributed by atoms with Crippen molar-refractivity contribution in [2.24, 2.45) is 0 Å². The van der Waals surface area contributed by atoms with Gasteiger partial charge >= 0.3 is 29.4 Å². The fourth-order valence-corrected chi connectivity index (χ4v) is 6.50. The van der Waals surface area contributed by atoms with Gasteiger partial charge in [-0.2, -0.15) is 8.62 Å². The van der Waals surface area contributed by atoms with E-state index < -0.39 is 66.4 Å². The second-order valence-electron chi connectivity index (χ2n) is 8.48. The Morgan fingerprint density at radius 2 is 1.90 bits per heavy atom. The van der Waals surface area contributed by atoms with E-state index in [4.69, 9.17) is 25.4 Å². The molecule has 0 saturated carbocycles. The first-order valence-corrected chi connectivity index (χ1v) is 16.0. The van der Waals surface area contributed by atoms with Gasteiger partial charge in [-0.25, -0.2) is 28.6 Å². The summed E-state index contributed by atoms with van der Waals surface area (Å²) in [6.45, 7) is 0.391. The number of imidazole rings is 1. The molecule has 0 aliphatic carbocycles. The summed E-state index contributed by atoms with van der Waals surface area (Å²) in [5.74, 6) is 3.66. The molecule has 42 heavy (non-hydrogen) atoms. The summed E-state index contributed by atoms with van der Waals surface area (Å²) in [7, 11) is -16.8. The lowest BCUT2D eigenvalue weighted by Crippen LogP contribution is -2.38. The molecule has 232 valence electrons. The number of hydrogen-bond donors (Lipinski definition) is 8. The number of amides is 1. The number of phosphoric ester groups is 1. The van der Waals surface area contributed by atoms with Gasteiger partial charge in [-0.15, -0.1) is 0 Å². The molecule has 2 unspecified atom stereocenters. The Morgan fingerprint density at radius 1 is 1.21 bits per heavy atom. The first-order chi connectivity index (χ1) is 19.4. The smallest absolute Gasteiger partial charge is 0.480 e. The van der Waals surface area contributed by atoms with Gasteiger partial charge in [0.05, 0.1) is 12.7 Å². The summed E-state index contributed by atoms with van der Waals surface area (Å²) in [6.07, 6.45) is -2.97. The van der Waals surface area contributed by atoms with Crippen molar-refractivity contribution in [2.45, 2.75) is 50.7 Å². The van der Waals surface area contributed by atoms with Gasteiger partial charge in [-0.05, 0) is 12.8 Å². The zero-order chi connectivity index (χ0) is 31.5. The van der Waals surface area contributed by atoms with E-state index in [2.05, 4.69) is 45.3 Å². The van der Waals surface area contributed by atoms with Crippen molar-refractivity contribution in [3.05, 3.63) is 12.2 Å². The number of aromatic nitrogens is 4. The van der Waals surface area contributed by atoms with E-state index in [-0.39, 0.29) is 42.1 Å². The number of nitrogens with two attached hydrogens (primary N) is 1. The summed E-state index contributed by atoms with van der Waals surface area (Å²) < 4.78 is 53.2. The minimum Gasteiger partial charge on any atom is -0.480 e. The molecule has 1 fully saturated rings. The monoisotopic (exact) mass is 658 g/mol. The van der Waals surface area contributed by atoms with Crippen LogP contribution in [0, 0.1) is 11.8 Å². The van der Waals surface area contributed by atoms with Gasteiger partial charge in [0, 0.05) is 19.3 Å². The first kappa shape index (κ1) is 33.7. The van der Waals surface area contributed by atoms with E-state index in [0.717, 1.165) is 6.33 Å². The van der Waals surface area contributed by atoms with Crippen LogP contribution in [0.5, 0.6) is 0 Å². The summed E-state index contributed by atoms with van der Waals surface area (Å²) in [5, 5.41) is 21.6. The average molecular weight is 658 g/mol. The minimum atomic E-state index is -5.74. The Morgan fingerprint density at radius 3 is 2.55 bits per heavy atom. The number of carbonyl (C=O) groups is 2. The van der Waals surface area contributed by atoms with Crippen LogP contribution < -0.4 is 11.1 Å². The molecule has 0 radical (unpaired) electrons. The molecule has 0 bridgehead atoms. The molecule has 3 heterocycles. The standard InChI is InChI=1S/C18H25N6O15P3/c1-9(18(27)28)22-13(26)5-3-2-4-12-23-15-16(19)20-8-21-17(15)24(12)14-6-10(25)11(37-14)7-36-41(32,33)39-42(34,35)38-40(29,30)31/h8-11,14,25H,3,5-7H2,1H3,(H,22,26)(H,27,28)(H,32,33)(H,34,35)(H2,19,20,21)(H2,29,30,31)/t9-,10-,11+,14+/m0/s1. The number of hydrogen-bond acceptors (Lipinski definition) is 14. The van der Waals surface area contributed by atoms with Crippen molar-refractivity contribution >= 4 is 52.3 Å². The van der Waals surface area contributed by atoms with Crippen LogP contribution in [-0.4, -0.2) is 86.0 Å². The maximum Gasteiger partial charge on any atom is 0.490 e. The molecule has 9 N–H and O–H groups in total. The molecule has 3 rings (SSSR count). The molecule has 0 spiro atoms. The molecule has 1 amide bonds. The molecular formula is C18H25N6O15P3. The number of carbonyl (C=O) groups excluding carboxylic acids is 1. The van der Waals surface area contributed by atoms with E-state index in [1.807, 2.05) is 0 Å². The molecular weight excluding hydrogens is 633 g/mol.